The average molecular weight is 765 g/mol. The number of imidazole rings is 2. The molecule has 0 aliphatic rings. The van der Waals surface area contributed by atoms with Gasteiger partial charge < -0.3 is 30.1 Å². The summed E-state index contributed by atoms with van der Waals surface area (Å²) >= 11 is 0. The van der Waals surface area contributed by atoms with E-state index in [1.165, 1.54) is 63.1 Å². The van der Waals surface area contributed by atoms with Gasteiger partial charge in [-0.05, 0) is 15.9 Å². The molecule has 4 aromatic heterocycles. The van der Waals surface area contributed by atoms with E-state index in [0.29, 0.717) is 5.69 Å². The summed E-state index contributed by atoms with van der Waals surface area (Å²) in [4.78, 5) is 48.6. The van der Waals surface area contributed by atoms with Gasteiger partial charge in [0.2, 0.25) is 0 Å². The van der Waals surface area contributed by atoms with Crippen molar-refractivity contribution in [2.75, 3.05) is 26.5 Å². The first-order valence-electron chi connectivity index (χ1n) is 14.8. The number of nitrogens with zero attached hydrogens (tertiary/aromatic N) is 13. The second kappa shape index (κ2) is 17.5. The predicted octanol–water partition coefficient (Wildman–Crippen LogP) is 0.783. The summed E-state index contributed by atoms with van der Waals surface area (Å²) in [6.07, 6.45) is 8.16. The Labute approximate surface area is 295 Å². The zero-order valence-electron chi connectivity index (χ0n) is 27.2. The highest BCUT2D eigenvalue weighted by atomic mass is 32.2. The summed E-state index contributed by atoms with van der Waals surface area (Å²) in [5, 5.41) is 57.0. The molecule has 0 bridgehead atoms. The summed E-state index contributed by atoms with van der Waals surface area (Å²) in [7, 11) is -4.56. The molecule has 1 N–H and O–H groups in total. The fourth-order valence-corrected chi connectivity index (χ4v) is 5.45. The maximum absolute atomic E-state index is 12.6. The quantitative estimate of drug-likeness (QED) is 0.0591. The highest BCUT2D eigenvalue weighted by Gasteiger charge is 2.28. The number of aromatic nitrogens is 10. The van der Waals surface area contributed by atoms with E-state index in [1.54, 1.807) is 0 Å². The third-order valence-electron chi connectivity index (χ3n) is 6.86. The summed E-state index contributed by atoms with van der Waals surface area (Å²) in [5.41, 5.74) is 0.00693. The van der Waals surface area contributed by atoms with Gasteiger partial charge in [0.25, 0.3) is 5.69 Å². The average Bonchev–Trinajstić information content (AvgIpc) is 3.95. The SMILES string of the molecule is CC(=O)OCC(COS(=O)(=O)c1ccccc1[N+](=O)[O-])n1cc(Cn2ccnc2[N+](=O)[O-])nn1.O=[N+]([O-])c1nccn1Cc1cn(C(CO)C[18F])nn1. The fourth-order valence-electron chi connectivity index (χ4n) is 4.34. The van der Waals surface area contributed by atoms with Crippen LogP contribution in [-0.4, -0.2) is 110 Å². The molecule has 5 rings (SSSR count). The van der Waals surface area contributed by atoms with Crippen molar-refractivity contribution in [1.29, 1.82) is 0 Å². The fraction of sp³-hybridized carbons (Fsp3) is 0.346. The topological polar surface area (TPSA) is 316 Å². The first-order valence-corrected chi connectivity index (χ1v) is 16.2. The van der Waals surface area contributed by atoms with Gasteiger partial charge in [0, 0.05) is 13.0 Å². The lowest BCUT2D eigenvalue weighted by Gasteiger charge is -2.16. The molecule has 282 valence electrons. The van der Waals surface area contributed by atoms with Crippen LogP contribution in [0.1, 0.15) is 30.4 Å². The van der Waals surface area contributed by atoms with Crippen molar-refractivity contribution >= 4 is 33.7 Å². The Morgan fingerprint density at radius 2 is 1.40 bits per heavy atom. The van der Waals surface area contributed by atoms with E-state index in [2.05, 4.69) is 30.6 Å². The lowest BCUT2D eigenvalue weighted by Crippen LogP contribution is -2.24. The van der Waals surface area contributed by atoms with Crippen molar-refractivity contribution in [3.63, 3.8) is 0 Å². The molecule has 27 heteroatoms. The van der Waals surface area contributed by atoms with Gasteiger partial charge in [-0.15, -0.1) is 10.2 Å². The molecule has 0 fully saturated rings. The molecule has 0 radical (unpaired) electrons. The molecule has 0 aliphatic heterocycles. The van der Waals surface area contributed by atoms with Crippen LogP contribution >= 0.6 is 0 Å². The van der Waals surface area contributed by atoms with Crippen LogP contribution in [0, 0.1) is 30.3 Å². The van der Waals surface area contributed by atoms with Gasteiger partial charge in [-0.2, -0.15) is 8.42 Å². The number of nitro groups is 3. The van der Waals surface area contributed by atoms with Crippen LogP contribution in [0.25, 0.3) is 0 Å². The number of aliphatic hydroxyl groups is 1. The lowest BCUT2D eigenvalue weighted by atomic mass is 10.3. The van der Waals surface area contributed by atoms with E-state index in [1.807, 2.05) is 0 Å². The number of ether oxygens (including phenoxy) is 1. The number of para-hydroxylation sites is 1. The van der Waals surface area contributed by atoms with Crippen molar-refractivity contribution in [3.05, 3.63) is 103 Å². The van der Waals surface area contributed by atoms with Crippen LogP contribution in [0.2, 0.25) is 0 Å². The van der Waals surface area contributed by atoms with Crippen molar-refractivity contribution in [2.24, 2.45) is 0 Å². The van der Waals surface area contributed by atoms with Gasteiger partial charge in [0.05, 0.1) is 30.5 Å². The second-order valence-electron chi connectivity index (χ2n) is 10.5. The number of halogens is 1. The van der Waals surface area contributed by atoms with Gasteiger partial charge in [-0.3, -0.25) is 19.1 Å². The number of rotatable bonds is 17. The summed E-state index contributed by atoms with van der Waals surface area (Å²) in [6, 6.07) is 2.88. The standard InChI is InChI=1S/C17H17N7O9S.C9H11FN6O3/c1-12(25)32-10-14(11-33-34(30,31)16-5-3-2-4-15(16)23(26)27)22-9-13(19-20-22)8-21-7-6-18-17(21)24(28)29;10-3-8(6-17)15-5-7(12-13-15)4-14-2-1-11-9(14)16(18)19/h2-7,9,14H,8,10-11H2,1H3;1-2,5,8,17H,3-4,6H2/i;10-1. The van der Waals surface area contributed by atoms with Crippen LogP contribution in [-0.2, 0) is 36.9 Å². The van der Waals surface area contributed by atoms with Gasteiger partial charge in [0.1, 0.15) is 74.6 Å². The van der Waals surface area contributed by atoms with Crippen molar-refractivity contribution in [3.8, 4) is 0 Å². The molecule has 4 heterocycles. The number of benzene rings is 1. The lowest BCUT2D eigenvalue weighted by molar-refractivity contribution is -0.396. The molecule has 53 heavy (non-hydrogen) atoms. The highest BCUT2D eigenvalue weighted by Crippen LogP contribution is 2.25. The molecule has 25 nitrogen and oxygen atoms in total. The molecule has 2 unspecified atom stereocenters. The Bertz CT molecular complexity index is 2160. The summed E-state index contributed by atoms with van der Waals surface area (Å²) in [5.74, 6) is -1.37. The molecule has 0 saturated heterocycles. The zero-order valence-corrected chi connectivity index (χ0v) is 28.0. The minimum Gasteiger partial charge on any atom is -0.463 e. The first-order chi connectivity index (χ1) is 25.2. The Balaban J connectivity index is 0.000000278. The molecular formula is C26H28FN13O12S. The van der Waals surface area contributed by atoms with Crippen LogP contribution in [0.4, 0.5) is 22.0 Å². The number of nitro benzene ring substituents is 1. The molecule has 0 amide bonds. The second-order valence-corrected chi connectivity index (χ2v) is 12.1. The van der Waals surface area contributed by atoms with Crippen LogP contribution in [0.3, 0.4) is 0 Å². The number of alkyl halides is 1. The number of esters is 1. The van der Waals surface area contributed by atoms with Crippen LogP contribution in [0.5, 0.6) is 0 Å². The number of hydrogen-bond acceptors (Lipinski definition) is 18. The van der Waals surface area contributed by atoms with Gasteiger partial charge in [0.15, 0.2) is 4.90 Å². The minimum atomic E-state index is -4.56. The van der Waals surface area contributed by atoms with E-state index in [0.717, 1.165) is 23.7 Å². The number of carbonyl (C=O) groups excluding carboxylic acids is 1. The van der Waals surface area contributed by atoms with Gasteiger partial charge >= 0.3 is 28.0 Å². The maximum atomic E-state index is 12.6. The maximum Gasteiger partial charge on any atom is 0.434 e. The summed E-state index contributed by atoms with van der Waals surface area (Å²) < 4.78 is 52.5. The van der Waals surface area contributed by atoms with E-state index < -0.39 is 79.4 Å². The monoisotopic (exact) mass is 764 g/mol. The van der Waals surface area contributed by atoms with Gasteiger partial charge in [-0.25, -0.2) is 22.9 Å². The van der Waals surface area contributed by atoms with E-state index in [4.69, 9.17) is 14.0 Å². The van der Waals surface area contributed by atoms with Gasteiger partial charge in [-0.1, -0.05) is 32.5 Å². The van der Waals surface area contributed by atoms with E-state index in [-0.39, 0.29) is 31.3 Å². The largest absolute Gasteiger partial charge is 0.463 e. The molecule has 0 saturated carbocycles. The molecule has 5 aromatic rings. The van der Waals surface area contributed by atoms with Crippen LogP contribution in [0.15, 0.2) is 66.3 Å². The Morgan fingerprint density at radius 1 is 0.868 bits per heavy atom. The third kappa shape index (κ3) is 10.2. The molecule has 1 aromatic carbocycles. The number of aliphatic hydroxyl groups excluding tert-OH is 1. The number of hydrogen-bond donors (Lipinski definition) is 1. The number of carbonyl (C=O) groups is 1. The van der Waals surface area contributed by atoms with Crippen molar-refractivity contribution < 1.29 is 46.4 Å². The molecule has 0 spiro atoms. The Morgan fingerprint density at radius 3 is 1.87 bits per heavy atom. The smallest absolute Gasteiger partial charge is 0.434 e. The molecule has 2 atom stereocenters. The first kappa shape index (κ1) is 39.2. The summed E-state index contributed by atoms with van der Waals surface area (Å²) in [6.45, 7) is -0.944. The minimum absolute atomic E-state index is 0.0635. The Kier molecular flexibility index (Phi) is 13.0. The third-order valence-corrected chi connectivity index (χ3v) is 8.19. The zero-order chi connectivity index (χ0) is 38.7. The van der Waals surface area contributed by atoms with Crippen molar-refractivity contribution in [2.45, 2.75) is 37.0 Å². The Hall–Kier alpha value is -6.61. The van der Waals surface area contributed by atoms with E-state index in [9.17, 15) is 47.9 Å². The predicted molar refractivity (Wildman–Crippen MR) is 170 cm³/mol. The van der Waals surface area contributed by atoms with E-state index >= 15 is 0 Å². The van der Waals surface area contributed by atoms with Crippen LogP contribution < -0.4 is 0 Å². The molecular weight excluding hydrogens is 736 g/mol. The van der Waals surface area contributed by atoms with Crippen molar-refractivity contribution in [1.82, 2.24) is 49.1 Å². The normalized spacial score (nSPS) is 12.4. The molecule has 0 aliphatic carbocycles. The highest BCUT2D eigenvalue weighted by molar-refractivity contribution is 7.87.